The molecule has 1 aromatic carbocycles. The highest BCUT2D eigenvalue weighted by atomic mass is 32.1. The number of thiazole rings is 1. The summed E-state index contributed by atoms with van der Waals surface area (Å²) in [5, 5.41) is 5.96. The second kappa shape index (κ2) is 7.04. The number of carbonyl (C=O) groups excluding carboxylic acids is 1. The van der Waals surface area contributed by atoms with Crippen LogP contribution in [0, 0.1) is 6.92 Å². The highest BCUT2D eigenvalue weighted by Gasteiger charge is 2.04. The minimum absolute atomic E-state index is 0.111. The number of hydrogen-bond acceptors (Lipinski definition) is 3. The molecule has 4 heteroatoms. The number of nitrogens with zero attached hydrogens (tertiary/aromatic N) is 1. The molecule has 0 radical (unpaired) electrons. The molecule has 0 fully saturated rings. The first-order chi connectivity index (χ1) is 9.25. The molecule has 0 saturated heterocycles. The van der Waals surface area contributed by atoms with E-state index in [2.05, 4.69) is 29.4 Å². The van der Waals surface area contributed by atoms with Crippen LogP contribution in [-0.2, 0) is 17.6 Å². The van der Waals surface area contributed by atoms with Gasteiger partial charge in [0.2, 0.25) is 5.91 Å². The van der Waals surface area contributed by atoms with Gasteiger partial charge in [0.25, 0.3) is 0 Å². The SMILES string of the molecule is Cc1ccccc1CCC(=O)NCCc1nccs1. The van der Waals surface area contributed by atoms with Gasteiger partial charge in [-0.05, 0) is 24.5 Å². The minimum atomic E-state index is 0.111. The Balaban J connectivity index is 1.69. The number of hydrogen-bond donors (Lipinski definition) is 1. The molecule has 0 saturated carbocycles. The van der Waals surface area contributed by atoms with Crippen molar-refractivity contribution in [3.05, 3.63) is 52.0 Å². The molecule has 0 unspecified atom stereocenters. The van der Waals surface area contributed by atoms with Crippen molar-refractivity contribution in [3.8, 4) is 0 Å². The van der Waals surface area contributed by atoms with E-state index in [1.807, 2.05) is 17.5 Å². The fourth-order valence-corrected chi connectivity index (χ4v) is 2.53. The second-order valence-electron chi connectivity index (χ2n) is 4.45. The van der Waals surface area contributed by atoms with E-state index in [1.54, 1.807) is 17.5 Å². The van der Waals surface area contributed by atoms with Gasteiger partial charge in [-0.15, -0.1) is 11.3 Å². The summed E-state index contributed by atoms with van der Waals surface area (Å²) in [6.45, 7) is 2.75. The third-order valence-corrected chi connectivity index (χ3v) is 3.87. The first-order valence-electron chi connectivity index (χ1n) is 6.45. The van der Waals surface area contributed by atoms with Crippen LogP contribution in [0.1, 0.15) is 22.6 Å². The lowest BCUT2D eigenvalue weighted by Crippen LogP contribution is -2.25. The Kier molecular flexibility index (Phi) is 5.10. The van der Waals surface area contributed by atoms with Crippen LogP contribution in [0.2, 0.25) is 0 Å². The lowest BCUT2D eigenvalue weighted by Gasteiger charge is -2.06. The molecular weight excluding hydrogens is 256 g/mol. The van der Waals surface area contributed by atoms with Gasteiger partial charge >= 0.3 is 0 Å². The summed E-state index contributed by atoms with van der Waals surface area (Å²) in [6, 6.07) is 8.20. The Morgan fingerprint density at radius 3 is 2.89 bits per heavy atom. The van der Waals surface area contributed by atoms with Gasteiger partial charge in [-0.2, -0.15) is 0 Å². The first-order valence-corrected chi connectivity index (χ1v) is 7.33. The van der Waals surface area contributed by atoms with E-state index in [-0.39, 0.29) is 5.91 Å². The molecule has 1 amide bonds. The third-order valence-electron chi connectivity index (χ3n) is 3.03. The highest BCUT2D eigenvalue weighted by molar-refractivity contribution is 7.09. The summed E-state index contributed by atoms with van der Waals surface area (Å²) in [5.41, 5.74) is 2.50. The Morgan fingerprint density at radius 2 is 2.16 bits per heavy atom. The number of carbonyl (C=O) groups is 1. The van der Waals surface area contributed by atoms with E-state index in [9.17, 15) is 4.79 Å². The van der Waals surface area contributed by atoms with E-state index >= 15 is 0 Å². The zero-order valence-electron chi connectivity index (χ0n) is 11.1. The van der Waals surface area contributed by atoms with E-state index in [0.717, 1.165) is 17.8 Å². The molecule has 100 valence electrons. The molecular formula is C15H18N2OS. The second-order valence-corrected chi connectivity index (χ2v) is 5.43. The van der Waals surface area contributed by atoms with Gasteiger partial charge in [0.05, 0.1) is 5.01 Å². The molecule has 0 aliphatic rings. The Bertz CT molecular complexity index is 523. The topological polar surface area (TPSA) is 42.0 Å². The molecule has 0 aliphatic carbocycles. The fraction of sp³-hybridized carbons (Fsp3) is 0.333. The van der Waals surface area contributed by atoms with Gasteiger partial charge in [-0.3, -0.25) is 4.79 Å². The van der Waals surface area contributed by atoms with E-state index in [0.29, 0.717) is 13.0 Å². The van der Waals surface area contributed by atoms with Gasteiger partial charge in [0.1, 0.15) is 0 Å². The maximum atomic E-state index is 11.7. The molecule has 0 spiro atoms. The van der Waals surface area contributed by atoms with Crippen molar-refractivity contribution in [1.82, 2.24) is 10.3 Å². The van der Waals surface area contributed by atoms with Crippen LogP contribution in [0.3, 0.4) is 0 Å². The number of amides is 1. The smallest absolute Gasteiger partial charge is 0.220 e. The predicted octanol–water partition coefficient (Wildman–Crippen LogP) is 2.74. The van der Waals surface area contributed by atoms with Crippen molar-refractivity contribution in [2.24, 2.45) is 0 Å². The lowest BCUT2D eigenvalue weighted by molar-refractivity contribution is -0.121. The molecule has 0 atom stereocenters. The monoisotopic (exact) mass is 274 g/mol. The van der Waals surface area contributed by atoms with Gasteiger partial charge in [0, 0.05) is 31.0 Å². The van der Waals surface area contributed by atoms with Crippen LogP contribution in [-0.4, -0.2) is 17.4 Å². The zero-order valence-corrected chi connectivity index (χ0v) is 11.9. The predicted molar refractivity (Wildman–Crippen MR) is 78.3 cm³/mol. The van der Waals surface area contributed by atoms with Crippen molar-refractivity contribution in [3.63, 3.8) is 0 Å². The summed E-state index contributed by atoms with van der Waals surface area (Å²) in [6.07, 6.45) is 3.95. The summed E-state index contributed by atoms with van der Waals surface area (Å²) in [5.74, 6) is 0.111. The van der Waals surface area contributed by atoms with Crippen LogP contribution < -0.4 is 5.32 Å². The summed E-state index contributed by atoms with van der Waals surface area (Å²) in [4.78, 5) is 15.9. The molecule has 2 rings (SSSR count). The van der Waals surface area contributed by atoms with Crippen molar-refractivity contribution < 1.29 is 4.79 Å². The number of aryl methyl sites for hydroxylation is 2. The van der Waals surface area contributed by atoms with Crippen molar-refractivity contribution in [1.29, 1.82) is 0 Å². The Hall–Kier alpha value is -1.68. The molecule has 2 aromatic rings. The molecule has 0 bridgehead atoms. The van der Waals surface area contributed by atoms with Gasteiger partial charge < -0.3 is 5.32 Å². The average molecular weight is 274 g/mol. The lowest BCUT2D eigenvalue weighted by atomic mass is 10.0. The van der Waals surface area contributed by atoms with Crippen LogP contribution in [0.15, 0.2) is 35.8 Å². The maximum Gasteiger partial charge on any atom is 0.220 e. The van der Waals surface area contributed by atoms with Gasteiger partial charge in [0.15, 0.2) is 0 Å². The largest absolute Gasteiger partial charge is 0.356 e. The van der Waals surface area contributed by atoms with Crippen LogP contribution >= 0.6 is 11.3 Å². The summed E-state index contributed by atoms with van der Waals surface area (Å²) in [7, 11) is 0. The van der Waals surface area contributed by atoms with Crippen LogP contribution in [0.5, 0.6) is 0 Å². The minimum Gasteiger partial charge on any atom is -0.356 e. The molecule has 0 aliphatic heterocycles. The zero-order chi connectivity index (χ0) is 13.5. The number of benzene rings is 1. The van der Waals surface area contributed by atoms with Crippen molar-refractivity contribution >= 4 is 17.2 Å². The van der Waals surface area contributed by atoms with E-state index in [4.69, 9.17) is 0 Å². The highest BCUT2D eigenvalue weighted by Crippen LogP contribution is 2.09. The molecule has 19 heavy (non-hydrogen) atoms. The third kappa shape index (κ3) is 4.48. The summed E-state index contributed by atoms with van der Waals surface area (Å²) < 4.78 is 0. The van der Waals surface area contributed by atoms with Gasteiger partial charge in [-0.1, -0.05) is 24.3 Å². The van der Waals surface area contributed by atoms with Gasteiger partial charge in [-0.25, -0.2) is 4.98 Å². The molecule has 3 nitrogen and oxygen atoms in total. The fourth-order valence-electron chi connectivity index (χ4n) is 1.91. The van der Waals surface area contributed by atoms with Crippen LogP contribution in [0.25, 0.3) is 0 Å². The van der Waals surface area contributed by atoms with Crippen LogP contribution in [0.4, 0.5) is 0 Å². The molecule has 1 heterocycles. The van der Waals surface area contributed by atoms with E-state index in [1.165, 1.54) is 11.1 Å². The first kappa shape index (κ1) is 13.7. The maximum absolute atomic E-state index is 11.7. The number of nitrogens with one attached hydrogen (secondary N) is 1. The standard InChI is InChI=1S/C15H18N2OS/c1-12-4-2-3-5-13(12)6-7-14(18)16-9-8-15-17-10-11-19-15/h2-5,10-11H,6-9H2,1H3,(H,16,18). The molecule has 1 N–H and O–H groups in total. The quantitative estimate of drug-likeness (QED) is 0.880. The van der Waals surface area contributed by atoms with Crippen molar-refractivity contribution in [2.45, 2.75) is 26.2 Å². The Morgan fingerprint density at radius 1 is 1.32 bits per heavy atom. The normalized spacial score (nSPS) is 10.4. The number of aromatic nitrogens is 1. The number of rotatable bonds is 6. The molecule has 1 aromatic heterocycles. The van der Waals surface area contributed by atoms with E-state index < -0.39 is 0 Å². The summed E-state index contributed by atoms with van der Waals surface area (Å²) >= 11 is 1.62. The Labute approximate surface area is 117 Å². The van der Waals surface area contributed by atoms with Crippen molar-refractivity contribution in [2.75, 3.05) is 6.54 Å². The average Bonchev–Trinajstić information content (AvgIpc) is 2.91.